The van der Waals surface area contributed by atoms with Gasteiger partial charge in [-0.05, 0) is 43.3 Å². The van der Waals surface area contributed by atoms with Crippen LogP contribution in [0.1, 0.15) is 11.4 Å². The number of nitrogens with one attached hydrogen (secondary N) is 1. The van der Waals surface area contributed by atoms with E-state index in [0.717, 1.165) is 35.5 Å². The summed E-state index contributed by atoms with van der Waals surface area (Å²) in [7, 11) is 5.27. The van der Waals surface area contributed by atoms with Crippen molar-refractivity contribution < 1.29 is 9.47 Å². The molecule has 26 heavy (non-hydrogen) atoms. The molecule has 1 N–H and O–H groups in total. The summed E-state index contributed by atoms with van der Waals surface area (Å²) in [6.45, 7) is 1.40. The van der Waals surface area contributed by atoms with Crippen molar-refractivity contribution in [3.63, 3.8) is 0 Å². The zero-order chi connectivity index (χ0) is 18.5. The van der Waals surface area contributed by atoms with Gasteiger partial charge in [0.25, 0.3) is 5.56 Å². The molecule has 0 atom stereocenters. The Morgan fingerprint density at radius 1 is 1.08 bits per heavy atom. The number of fused-ring (bicyclic) bond motifs is 1. The van der Waals surface area contributed by atoms with E-state index < -0.39 is 0 Å². The Labute approximate surface area is 152 Å². The molecular formula is C20H23N3O3. The minimum absolute atomic E-state index is 0.0982. The van der Waals surface area contributed by atoms with Gasteiger partial charge in [-0.2, -0.15) is 0 Å². The van der Waals surface area contributed by atoms with Gasteiger partial charge >= 0.3 is 0 Å². The molecule has 0 amide bonds. The fourth-order valence-electron chi connectivity index (χ4n) is 2.90. The predicted octanol–water partition coefficient (Wildman–Crippen LogP) is 2.61. The van der Waals surface area contributed by atoms with Crippen molar-refractivity contribution in [2.75, 3.05) is 27.8 Å². The van der Waals surface area contributed by atoms with Gasteiger partial charge in [0.05, 0.1) is 31.7 Å². The number of para-hydroxylation sites is 1. The third-order valence-electron chi connectivity index (χ3n) is 4.31. The van der Waals surface area contributed by atoms with Crippen molar-refractivity contribution in [1.82, 2.24) is 14.9 Å². The van der Waals surface area contributed by atoms with Crippen molar-refractivity contribution in [3.8, 4) is 11.5 Å². The van der Waals surface area contributed by atoms with Crippen LogP contribution in [0.15, 0.2) is 47.3 Å². The molecule has 6 heteroatoms. The average molecular weight is 353 g/mol. The molecule has 0 spiro atoms. The first-order chi connectivity index (χ1) is 12.6. The van der Waals surface area contributed by atoms with Crippen molar-refractivity contribution in [2.24, 2.45) is 0 Å². The van der Waals surface area contributed by atoms with Gasteiger partial charge in [-0.25, -0.2) is 4.98 Å². The number of methoxy groups -OCH3 is 2. The van der Waals surface area contributed by atoms with Gasteiger partial charge in [0, 0.05) is 6.54 Å². The monoisotopic (exact) mass is 353 g/mol. The number of aromatic amines is 1. The molecule has 1 aromatic heterocycles. The first kappa shape index (κ1) is 17.9. The number of benzene rings is 2. The first-order valence-electron chi connectivity index (χ1n) is 8.48. The lowest BCUT2D eigenvalue weighted by atomic mass is 10.1. The fourth-order valence-corrected chi connectivity index (χ4v) is 2.90. The Balaban J connectivity index is 1.66. The Hall–Kier alpha value is -2.86. The van der Waals surface area contributed by atoms with E-state index in [0.29, 0.717) is 17.8 Å². The lowest BCUT2D eigenvalue weighted by Gasteiger charge is -2.17. The second kappa shape index (κ2) is 8.01. The van der Waals surface area contributed by atoms with Crippen LogP contribution in [0, 0.1) is 0 Å². The Morgan fingerprint density at radius 2 is 1.85 bits per heavy atom. The SMILES string of the molecule is COc1ccc(CCN(C)Cc2nc3ccccc3c(=O)[nH]2)cc1OC. The van der Waals surface area contributed by atoms with E-state index in [2.05, 4.69) is 14.9 Å². The lowest BCUT2D eigenvalue weighted by molar-refractivity contribution is 0.322. The highest BCUT2D eigenvalue weighted by atomic mass is 16.5. The number of nitrogens with zero attached hydrogens (tertiary/aromatic N) is 2. The van der Waals surface area contributed by atoms with Crippen LogP contribution in [-0.4, -0.2) is 42.7 Å². The van der Waals surface area contributed by atoms with Crippen LogP contribution < -0.4 is 15.0 Å². The summed E-state index contributed by atoms with van der Waals surface area (Å²) in [5, 5.41) is 0.615. The largest absolute Gasteiger partial charge is 0.493 e. The van der Waals surface area contributed by atoms with Gasteiger partial charge in [0.1, 0.15) is 5.82 Å². The second-order valence-electron chi connectivity index (χ2n) is 6.21. The molecule has 0 unspecified atom stereocenters. The molecule has 3 rings (SSSR count). The van der Waals surface area contributed by atoms with E-state index in [-0.39, 0.29) is 5.56 Å². The zero-order valence-electron chi connectivity index (χ0n) is 15.3. The Kier molecular flexibility index (Phi) is 5.53. The Bertz CT molecular complexity index is 952. The highest BCUT2D eigenvalue weighted by Crippen LogP contribution is 2.27. The summed E-state index contributed by atoms with van der Waals surface area (Å²) in [6.07, 6.45) is 0.856. The van der Waals surface area contributed by atoms with E-state index in [1.165, 1.54) is 0 Å². The molecule has 136 valence electrons. The quantitative estimate of drug-likeness (QED) is 0.707. The third-order valence-corrected chi connectivity index (χ3v) is 4.31. The molecule has 0 radical (unpaired) electrons. The molecule has 6 nitrogen and oxygen atoms in total. The Morgan fingerprint density at radius 3 is 2.62 bits per heavy atom. The van der Waals surface area contributed by atoms with Crippen molar-refractivity contribution in [3.05, 3.63) is 64.2 Å². The molecule has 0 fully saturated rings. The molecule has 0 aliphatic carbocycles. The highest BCUT2D eigenvalue weighted by molar-refractivity contribution is 5.77. The maximum absolute atomic E-state index is 12.2. The summed E-state index contributed by atoms with van der Waals surface area (Å²) in [5.74, 6) is 2.12. The summed E-state index contributed by atoms with van der Waals surface area (Å²) < 4.78 is 10.6. The maximum Gasteiger partial charge on any atom is 0.258 e. The minimum atomic E-state index is -0.0982. The second-order valence-corrected chi connectivity index (χ2v) is 6.21. The fraction of sp³-hybridized carbons (Fsp3) is 0.300. The van der Waals surface area contributed by atoms with E-state index in [9.17, 15) is 4.79 Å². The molecule has 0 aliphatic heterocycles. The average Bonchev–Trinajstić information content (AvgIpc) is 2.66. The molecule has 0 bridgehead atoms. The number of rotatable bonds is 7. The summed E-state index contributed by atoms with van der Waals surface area (Å²) in [4.78, 5) is 21.7. The lowest BCUT2D eigenvalue weighted by Crippen LogP contribution is -2.24. The van der Waals surface area contributed by atoms with E-state index >= 15 is 0 Å². The normalized spacial score (nSPS) is 11.1. The van der Waals surface area contributed by atoms with Gasteiger partial charge in [-0.1, -0.05) is 18.2 Å². The van der Waals surface area contributed by atoms with E-state index in [1.807, 2.05) is 43.4 Å². The number of H-pyrrole nitrogens is 1. The van der Waals surface area contributed by atoms with Gasteiger partial charge in [0.15, 0.2) is 11.5 Å². The number of ether oxygens (including phenoxy) is 2. The van der Waals surface area contributed by atoms with Crippen LogP contribution in [0.3, 0.4) is 0 Å². The topological polar surface area (TPSA) is 67.5 Å². The number of aromatic nitrogens is 2. The van der Waals surface area contributed by atoms with Crippen molar-refractivity contribution in [1.29, 1.82) is 0 Å². The van der Waals surface area contributed by atoms with Crippen molar-refractivity contribution >= 4 is 10.9 Å². The van der Waals surface area contributed by atoms with Gasteiger partial charge in [0.2, 0.25) is 0 Å². The number of hydrogen-bond acceptors (Lipinski definition) is 5. The van der Waals surface area contributed by atoms with Gasteiger partial charge < -0.3 is 14.5 Å². The van der Waals surface area contributed by atoms with Crippen LogP contribution in [0.25, 0.3) is 10.9 Å². The van der Waals surface area contributed by atoms with Gasteiger partial charge in [-0.3, -0.25) is 9.69 Å². The molecule has 3 aromatic rings. The standard InChI is InChI=1S/C20H23N3O3/c1-23(11-10-14-8-9-17(25-2)18(12-14)26-3)13-19-21-16-7-5-4-6-15(16)20(24)22-19/h4-9,12H,10-11,13H2,1-3H3,(H,21,22,24). The molecule has 0 saturated carbocycles. The number of likely N-dealkylation sites (N-methyl/N-ethyl adjacent to an activating group) is 1. The predicted molar refractivity (Wildman–Crippen MR) is 102 cm³/mol. The minimum Gasteiger partial charge on any atom is -0.493 e. The summed E-state index contributed by atoms with van der Waals surface area (Å²) >= 11 is 0. The highest BCUT2D eigenvalue weighted by Gasteiger charge is 2.08. The van der Waals surface area contributed by atoms with E-state index in [4.69, 9.17) is 9.47 Å². The van der Waals surface area contributed by atoms with E-state index in [1.54, 1.807) is 20.3 Å². The van der Waals surface area contributed by atoms with Crippen LogP contribution in [0.4, 0.5) is 0 Å². The third kappa shape index (κ3) is 4.03. The first-order valence-corrected chi connectivity index (χ1v) is 8.48. The van der Waals surface area contributed by atoms with Crippen LogP contribution >= 0.6 is 0 Å². The molecule has 1 heterocycles. The summed E-state index contributed by atoms with van der Waals surface area (Å²) in [6, 6.07) is 13.3. The molecular weight excluding hydrogens is 330 g/mol. The smallest absolute Gasteiger partial charge is 0.258 e. The van der Waals surface area contributed by atoms with Crippen molar-refractivity contribution in [2.45, 2.75) is 13.0 Å². The van der Waals surface area contributed by atoms with Gasteiger partial charge in [-0.15, -0.1) is 0 Å². The van der Waals surface area contributed by atoms with Crippen LogP contribution in [0.5, 0.6) is 11.5 Å². The zero-order valence-corrected chi connectivity index (χ0v) is 15.3. The molecule has 0 saturated heterocycles. The maximum atomic E-state index is 12.2. The molecule has 0 aliphatic rings. The molecule has 2 aromatic carbocycles. The van der Waals surface area contributed by atoms with Crippen LogP contribution in [-0.2, 0) is 13.0 Å². The number of hydrogen-bond donors (Lipinski definition) is 1. The summed E-state index contributed by atoms with van der Waals surface area (Å²) in [5.41, 5.74) is 1.79. The van der Waals surface area contributed by atoms with Crippen LogP contribution in [0.2, 0.25) is 0 Å².